The minimum absolute atomic E-state index is 0.00432. The fourth-order valence-corrected chi connectivity index (χ4v) is 3.68. The minimum Gasteiger partial charge on any atom is -0.508 e. The lowest BCUT2D eigenvalue weighted by molar-refractivity contribution is -0.117. The smallest absolute Gasteiger partial charge is 0.225 e. The molecule has 4 aromatic rings. The van der Waals surface area contributed by atoms with Gasteiger partial charge in [-0.25, -0.2) is 0 Å². The molecule has 0 saturated carbocycles. The van der Waals surface area contributed by atoms with Gasteiger partial charge >= 0.3 is 0 Å². The predicted molar refractivity (Wildman–Crippen MR) is 117 cm³/mol. The lowest BCUT2D eigenvalue weighted by atomic mass is 9.98. The van der Waals surface area contributed by atoms with Crippen LogP contribution in [0.5, 0.6) is 11.5 Å². The number of nitrogens with two attached hydrogens (primary N) is 1. The van der Waals surface area contributed by atoms with Crippen LogP contribution in [0.3, 0.4) is 0 Å². The molecule has 2 aromatic heterocycles. The van der Waals surface area contributed by atoms with E-state index in [4.69, 9.17) is 5.73 Å². The van der Waals surface area contributed by atoms with Crippen LogP contribution in [-0.2, 0) is 11.2 Å². The molecule has 0 radical (unpaired) electrons. The zero-order valence-electron chi connectivity index (χ0n) is 17.5. The van der Waals surface area contributed by atoms with Crippen molar-refractivity contribution < 1.29 is 15.0 Å². The number of fused-ring (bicyclic) bond motifs is 1. The van der Waals surface area contributed by atoms with E-state index in [0.717, 1.165) is 16.5 Å². The van der Waals surface area contributed by atoms with E-state index < -0.39 is 5.91 Å². The van der Waals surface area contributed by atoms with Crippen molar-refractivity contribution in [2.45, 2.75) is 33.1 Å². The van der Waals surface area contributed by atoms with Crippen molar-refractivity contribution in [3.63, 3.8) is 0 Å². The van der Waals surface area contributed by atoms with E-state index >= 15 is 0 Å². The Morgan fingerprint density at radius 3 is 2.61 bits per heavy atom. The molecule has 0 spiro atoms. The fourth-order valence-electron chi connectivity index (χ4n) is 3.68. The van der Waals surface area contributed by atoms with Gasteiger partial charge in [0.2, 0.25) is 5.91 Å². The second kappa shape index (κ2) is 7.71. The van der Waals surface area contributed by atoms with Crippen LogP contribution in [0, 0.1) is 6.92 Å². The third kappa shape index (κ3) is 3.68. The summed E-state index contributed by atoms with van der Waals surface area (Å²) in [6.45, 7) is 5.83. The van der Waals surface area contributed by atoms with Crippen LogP contribution in [0.4, 0.5) is 0 Å². The molecule has 0 aliphatic carbocycles. The highest BCUT2D eigenvalue weighted by molar-refractivity contribution is 5.89. The number of phenols is 2. The van der Waals surface area contributed by atoms with Gasteiger partial charge in [0, 0.05) is 17.6 Å². The van der Waals surface area contributed by atoms with Crippen molar-refractivity contribution in [3.05, 3.63) is 59.5 Å². The molecule has 0 bridgehead atoms. The molecule has 4 rings (SSSR count). The number of primary amides is 1. The Bertz CT molecular complexity index is 1310. The molecular formula is C23H23N5O3. The maximum atomic E-state index is 11.7. The zero-order valence-corrected chi connectivity index (χ0v) is 17.5. The topological polar surface area (TPSA) is 127 Å². The highest BCUT2D eigenvalue weighted by atomic mass is 16.3. The highest BCUT2D eigenvalue weighted by Gasteiger charge is 2.23. The number of carbonyl (C=O) groups is 1. The van der Waals surface area contributed by atoms with E-state index in [-0.39, 0.29) is 23.8 Å². The van der Waals surface area contributed by atoms with Gasteiger partial charge in [-0.1, -0.05) is 19.9 Å². The number of amides is 1. The van der Waals surface area contributed by atoms with Crippen LogP contribution in [-0.4, -0.2) is 35.9 Å². The molecule has 0 aliphatic heterocycles. The lowest BCUT2D eigenvalue weighted by Gasteiger charge is -2.16. The molecule has 0 aliphatic rings. The standard InChI is InChI=1S/C23H23N5O3/c1-12(2)14-8-16(20(30)9-19(14)29)23-27-26-22(10-21(24)31)28(23)18-6-4-5-17-15(18)7-13(3)11-25-17/h4-9,11-12,29-30H,10H2,1-3H3,(H2,24,31). The van der Waals surface area contributed by atoms with Crippen molar-refractivity contribution in [3.8, 4) is 28.6 Å². The van der Waals surface area contributed by atoms with Gasteiger partial charge in [-0.05, 0) is 48.2 Å². The predicted octanol–water partition coefficient (Wildman–Crippen LogP) is 3.35. The molecule has 0 unspecified atom stereocenters. The summed E-state index contributed by atoms with van der Waals surface area (Å²) in [5.74, 6) is 0.0119. The number of phenolic OH excluding ortho intramolecular Hbond substituents is 2. The van der Waals surface area contributed by atoms with E-state index in [1.54, 1.807) is 16.8 Å². The molecule has 0 atom stereocenters. The van der Waals surface area contributed by atoms with Crippen LogP contribution in [0.1, 0.15) is 36.7 Å². The molecule has 2 heterocycles. The number of aromatic hydroxyl groups is 2. The third-order valence-electron chi connectivity index (χ3n) is 5.15. The van der Waals surface area contributed by atoms with Gasteiger partial charge in [-0.15, -0.1) is 10.2 Å². The summed E-state index contributed by atoms with van der Waals surface area (Å²) in [4.78, 5) is 16.2. The number of pyridine rings is 1. The zero-order chi connectivity index (χ0) is 22.3. The van der Waals surface area contributed by atoms with Gasteiger partial charge in [0.25, 0.3) is 0 Å². The molecule has 2 aromatic carbocycles. The van der Waals surface area contributed by atoms with Gasteiger partial charge in [-0.3, -0.25) is 14.3 Å². The molecule has 31 heavy (non-hydrogen) atoms. The van der Waals surface area contributed by atoms with Crippen LogP contribution < -0.4 is 5.73 Å². The lowest BCUT2D eigenvalue weighted by Crippen LogP contribution is -2.17. The summed E-state index contributed by atoms with van der Waals surface area (Å²) in [6.07, 6.45) is 1.66. The minimum atomic E-state index is -0.549. The number of carbonyl (C=O) groups excluding carboxylic acids is 1. The van der Waals surface area contributed by atoms with E-state index in [0.29, 0.717) is 28.5 Å². The monoisotopic (exact) mass is 417 g/mol. The molecule has 158 valence electrons. The van der Waals surface area contributed by atoms with Crippen LogP contribution in [0.2, 0.25) is 0 Å². The molecule has 1 amide bonds. The van der Waals surface area contributed by atoms with Crippen molar-refractivity contribution in [1.29, 1.82) is 0 Å². The van der Waals surface area contributed by atoms with E-state index in [9.17, 15) is 15.0 Å². The summed E-state index contributed by atoms with van der Waals surface area (Å²) in [5.41, 5.74) is 8.96. The molecular weight excluding hydrogens is 394 g/mol. The van der Waals surface area contributed by atoms with Crippen molar-refractivity contribution in [2.24, 2.45) is 5.73 Å². The maximum Gasteiger partial charge on any atom is 0.225 e. The SMILES string of the molecule is Cc1cnc2cccc(-n3c(CC(N)=O)nnc3-c3cc(C(C)C)c(O)cc3O)c2c1. The Morgan fingerprint density at radius 1 is 1.13 bits per heavy atom. The molecule has 8 heteroatoms. The quantitative estimate of drug-likeness (QED) is 0.457. The number of rotatable bonds is 5. The number of nitrogens with zero attached hydrogens (tertiary/aromatic N) is 4. The summed E-state index contributed by atoms with van der Waals surface area (Å²) < 4.78 is 1.71. The number of hydrogen-bond acceptors (Lipinski definition) is 6. The number of aromatic nitrogens is 4. The number of benzene rings is 2. The highest BCUT2D eigenvalue weighted by Crippen LogP contribution is 2.38. The summed E-state index contributed by atoms with van der Waals surface area (Å²) >= 11 is 0. The van der Waals surface area contributed by atoms with Gasteiger partial charge in [0.1, 0.15) is 17.3 Å². The van der Waals surface area contributed by atoms with Crippen molar-refractivity contribution >= 4 is 16.8 Å². The van der Waals surface area contributed by atoms with Gasteiger partial charge < -0.3 is 15.9 Å². The summed E-state index contributed by atoms with van der Waals surface area (Å²) in [5, 5.41) is 30.2. The number of hydrogen-bond donors (Lipinski definition) is 3. The van der Waals surface area contributed by atoms with Crippen molar-refractivity contribution in [2.75, 3.05) is 0 Å². The molecule has 4 N–H and O–H groups in total. The van der Waals surface area contributed by atoms with E-state index in [1.165, 1.54) is 6.07 Å². The Hall–Kier alpha value is -3.94. The largest absolute Gasteiger partial charge is 0.508 e. The summed E-state index contributed by atoms with van der Waals surface area (Å²) in [7, 11) is 0. The fraction of sp³-hybridized carbons (Fsp3) is 0.217. The second-order valence-corrected chi connectivity index (χ2v) is 7.86. The Labute approximate surface area is 179 Å². The first-order valence-electron chi connectivity index (χ1n) is 9.91. The van der Waals surface area contributed by atoms with Gasteiger partial charge in [0.15, 0.2) is 5.82 Å². The van der Waals surface area contributed by atoms with E-state index in [1.807, 2.05) is 45.0 Å². The third-order valence-corrected chi connectivity index (χ3v) is 5.15. The summed E-state index contributed by atoms with van der Waals surface area (Å²) in [6, 6.07) is 10.6. The van der Waals surface area contributed by atoms with E-state index in [2.05, 4.69) is 15.2 Å². The van der Waals surface area contributed by atoms with Gasteiger partial charge in [0.05, 0.1) is 23.2 Å². The maximum absolute atomic E-state index is 11.7. The normalized spacial score (nSPS) is 11.4. The molecule has 0 fully saturated rings. The first-order chi connectivity index (χ1) is 14.8. The van der Waals surface area contributed by atoms with Crippen molar-refractivity contribution in [1.82, 2.24) is 19.7 Å². The van der Waals surface area contributed by atoms with Crippen LogP contribution >= 0.6 is 0 Å². The second-order valence-electron chi connectivity index (χ2n) is 7.86. The Morgan fingerprint density at radius 2 is 1.90 bits per heavy atom. The molecule has 8 nitrogen and oxygen atoms in total. The first kappa shape index (κ1) is 20.3. The Kier molecular flexibility index (Phi) is 5.06. The number of aryl methyl sites for hydroxylation is 1. The average Bonchev–Trinajstić information content (AvgIpc) is 3.09. The average molecular weight is 417 g/mol. The Balaban J connectivity index is 2.05. The first-order valence-corrected chi connectivity index (χ1v) is 9.91. The van der Waals surface area contributed by atoms with Crippen LogP contribution in [0.15, 0.2) is 42.6 Å². The molecule has 0 saturated heterocycles. The van der Waals surface area contributed by atoms with Crippen LogP contribution in [0.25, 0.3) is 28.0 Å². The van der Waals surface area contributed by atoms with Gasteiger partial charge in [-0.2, -0.15) is 0 Å².